The van der Waals surface area contributed by atoms with Crippen LogP contribution in [0, 0.1) is 0 Å². The van der Waals surface area contributed by atoms with Gasteiger partial charge in [-0.15, -0.1) is 0 Å². The molecule has 1 rings (SSSR count). The second-order valence-corrected chi connectivity index (χ2v) is 3.97. The van der Waals surface area contributed by atoms with E-state index < -0.39 is 16.2 Å². The zero-order valence-corrected chi connectivity index (χ0v) is 7.33. The summed E-state index contributed by atoms with van der Waals surface area (Å²) in [5.74, 6) is 0. The summed E-state index contributed by atoms with van der Waals surface area (Å²) < 4.78 is 29.9. The molecule has 12 heavy (non-hydrogen) atoms. The maximum Gasteiger partial charge on any atom is 0.411 e. The van der Waals surface area contributed by atoms with Crippen molar-refractivity contribution in [2.75, 3.05) is 26.1 Å². The van der Waals surface area contributed by atoms with Crippen LogP contribution in [0.15, 0.2) is 0 Å². The molecule has 0 bridgehead atoms. The molecule has 0 aromatic rings. The van der Waals surface area contributed by atoms with E-state index >= 15 is 0 Å². The molecule has 0 aromatic heterocycles. The number of rotatable bonds is 3. The molecule has 1 amide bonds. The number of ether oxygens (including phenoxy) is 1. The van der Waals surface area contributed by atoms with Gasteiger partial charge in [-0.2, -0.15) is 8.42 Å². The van der Waals surface area contributed by atoms with Gasteiger partial charge in [-0.05, 0) is 0 Å². The Labute approximate surface area is 70.2 Å². The topological polar surface area (TPSA) is 72.9 Å². The summed E-state index contributed by atoms with van der Waals surface area (Å²) in [7, 11) is -3.48. The van der Waals surface area contributed by atoms with Gasteiger partial charge in [-0.25, -0.2) is 8.98 Å². The quantitative estimate of drug-likeness (QED) is 0.561. The number of cyclic esters (lactones) is 1. The maximum absolute atomic E-state index is 10.7. The minimum atomic E-state index is -3.48. The van der Waals surface area contributed by atoms with Crippen molar-refractivity contribution < 1.29 is 22.1 Å². The van der Waals surface area contributed by atoms with E-state index in [-0.39, 0.29) is 13.3 Å². The fourth-order valence-corrected chi connectivity index (χ4v) is 1.02. The van der Waals surface area contributed by atoms with Crippen molar-refractivity contribution in [2.24, 2.45) is 0 Å². The van der Waals surface area contributed by atoms with Crippen LogP contribution >= 0.6 is 0 Å². The third-order valence-corrected chi connectivity index (χ3v) is 1.80. The lowest BCUT2D eigenvalue weighted by Crippen LogP contribution is -2.28. The molecule has 0 saturated carbocycles. The van der Waals surface area contributed by atoms with Crippen LogP contribution in [0.3, 0.4) is 0 Å². The second-order valence-electron chi connectivity index (χ2n) is 2.33. The average Bonchev–Trinajstić information content (AvgIpc) is 2.29. The molecular formula is C5H9NO5S. The summed E-state index contributed by atoms with van der Waals surface area (Å²) in [4.78, 5) is 11.9. The maximum atomic E-state index is 10.7. The lowest BCUT2D eigenvalue weighted by Gasteiger charge is -2.10. The molecule has 0 unspecified atom stereocenters. The average molecular weight is 195 g/mol. The second kappa shape index (κ2) is 3.28. The Morgan fingerprint density at radius 1 is 1.67 bits per heavy atom. The zero-order chi connectivity index (χ0) is 9.19. The van der Waals surface area contributed by atoms with Crippen LogP contribution in [0.25, 0.3) is 0 Å². The lowest BCUT2D eigenvalue weighted by atomic mass is 10.7. The molecule has 1 heterocycles. The molecule has 6 nitrogen and oxygen atoms in total. The Morgan fingerprint density at radius 2 is 2.33 bits per heavy atom. The van der Waals surface area contributed by atoms with Crippen molar-refractivity contribution >= 4 is 16.2 Å². The smallest absolute Gasteiger partial charge is 0.411 e. The standard InChI is InChI=1S/C5H9NO5S/c1-12(8,9)11-4-6-2-3-10-5(6)7/h2-4H2,1H3. The van der Waals surface area contributed by atoms with Gasteiger partial charge in [-0.3, -0.25) is 4.90 Å². The normalized spacial score (nSPS) is 18.1. The number of carbonyl (C=O) groups excluding carboxylic acids is 1. The van der Waals surface area contributed by atoms with E-state index in [1.807, 2.05) is 0 Å². The Bertz CT molecular complexity index is 272. The molecular weight excluding hydrogens is 186 g/mol. The highest BCUT2D eigenvalue weighted by molar-refractivity contribution is 7.85. The summed E-state index contributed by atoms with van der Waals surface area (Å²) in [5.41, 5.74) is 0. The van der Waals surface area contributed by atoms with E-state index in [9.17, 15) is 13.2 Å². The molecule has 0 atom stereocenters. The summed E-state index contributed by atoms with van der Waals surface area (Å²) in [6.07, 6.45) is 0.382. The molecule has 0 aliphatic carbocycles. The molecule has 0 N–H and O–H groups in total. The van der Waals surface area contributed by atoms with Crippen LogP contribution in [-0.2, 0) is 19.0 Å². The van der Waals surface area contributed by atoms with Crippen LogP contribution in [0.5, 0.6) is 0 Å². The number of carbonyl (C=O) groups is 1. The van der Waals surface area contributed by atoms with Crippen LogP contribution in [-0.4, -0.2) is 45.5 Å². The monoisotopic (exact) mass is 195 g/mol. The first-order valence-electron chi connectivity index (χ1n) is 3.25. The number of nitrogens with zero attached hydrogens (tertiary/aromatic N) is 1. The molecule has 0 radical (unpaired) electrons. The van der Waals surface area contributed by atoms with Crippen molar-refractivity contribution in [1.29, 1.82) is 0 Å². The minimum Gasteiger partial charge on any atom is -0.447 e. The van der Waals surface area contributed by atoms with E-state index in [1.165, 1.54) is 4.90 Å². The van der Waals surface area contributed by atoms with Crippen molar-refractivity contribution in [3.05, 3.63) is 0 Å². The van der Waals surface area contributed by atoms with Gasteiger partial charge in [0.05, 0.1) is 12.8 Å². The Morgan fingerprint density at radius 3 is 2.75 bits per heavy atom. The largest absolute Gasteiger partial charge is 0.447 e. The molecule has 70 valence electrons. The van der Waals surface area contributed by atoms with Gasteiger partial charge < -0.3 is 4.74 Å². The van der Waals surface area contributed by atoms with Gasteiger partial charge in [0.2, 0.25) is 0 Å². The van der Waals surface area contributed by atoms with Crippen molar-refractivity contribution in [1.82, 2.24) is 4.90 Å². The predicted octanol–water partition coefficient (Wildman–Crippen LogP) is -0.628. The van der Waals surface area contributed by atoms with Crippen LogP contribution in [0.2, 0.25) is 0 Å². The highest BCUT2D eigenvalue weighted by Crippen LogP contribution is 2.03. The first-order valence-corrected chi connectivity index (χ1v) is 5.07. The van der Waals surface area contributed by atoms with Crippen molar-refractivity contribution in [2.45, 2.75) is 0 Å². The third kappa shape index (κ3) is 2.67. The van der Waals surface area contributed by atoms with E-state index in [0.717, 1.165) is 6.26 Å². The van der Waals surface area contributed by atoms with Crippen LogP contribution in [0.1, 0.15) is 0 Å². The van der Waals surface area contributed by atoms with Gasteiger partial charge in [0.15, 0.2) is 0 Å². The van der Waals surface area contributed by atoms with E-state index in [0.29, 0.717) is 6.54 Å². The first kappa shape index (κ1) is 9.27. The highest BCUT2D eigenvalue weighted by atomic mass is 32.2. The lowest BCUT2D eigenvalue weighted by molar-refractivity contribution is 0.131. The molecule has 0 spiro atoms. The first-order chi connectivity index (χ1) is 5.49. The molecule has 0 aromatic carbocycles. The zero-order valence-electron chi connectivity index (χ0n) is 6.52. The van der Waals surface area contributed by atoms with Gasteiger partial charge >= 0.3 is 6.09 Å². The Hall–Kier alpha value is -0.820. The van der Waals surface area contributed by atoms with Crippen LogP contribution < -0.4 is 0 Å². The van der Waals surface area contributed by atoms with Gasteiger partial charge in [0.25, 0.3) is 10.1 Å². The Kier molecular flexibility index (Phi) is 2.53. The number of hydrogen-bond acceptors (Lipinski definition) is 5. The molecule has 7 heteroatoms. The highest BCUT2D eigenvalue weighted by Gasteiger charge is 2.22. The number of amides is 1. The Balaban J connectivity index is 2.37. The van der Waals surface area contributed by atoms with Gasteiger partial charge in [0, 0.05) is 0 Å². The molecule has 1 aliphatic rings. The minimum absolute atomic E-state index is 0.266. The summed E-state index contributed by atoms with van der Waals surface area (Å²) in [6, 6.07) is 0. The fourth-order valence-electron chi connectivity index (χ4n) is 0.702. The van der Waals surface area contributed by atoms with E-state index in [4.69, 9.17) is 0 Å². The summed E-state index contributed by atoms with van der Waals surface area (Å²) in [6.45, 7) is 0.387. The van der Waals surface area contributed by atoms with Crippen molar-refractivity contribution in [3.8, 4) is 0 Å². The molecule has 1 fully saturated rings. The van der Waals surface area contributed by atoms with Crippen molar-refractivity contribution in [3.63, 3.8) is 0 Å². The molecule has 1 aliphatic heterocycles. The fraction of sp³-hybridized carbons (Fsp3) is 0.800. The van der Waals surface area contributed by atoms with Gasteiger partial charge in [0.1, 0.15) is 13.3 Å². The summed E-state index contributed by atoms with van der Waals surface area (Å²) >= 11 is 0. The third-order valence-electron chi connectivity index (χ3n) is 1.27. The predicted molar refractivity (Wildman–Crippen MR) is 38.8 cm³/mol. The molecule has 1 saturated heterocycles. The van der Waals surface area contributed by atoms with E-state index in [1.54, 1.807) is 0 Å². The summed E-state index contributed by atoms with van der Waals surface area (Å²) in [5, 5.41) is 0. The van der Waals surface area contributed by atoms with Gasteiger partial charge in [-0.1, -0.05) is 0 Å². The SMILES string of the molecule is CS(=O)(=O)OCN1CCOC1=O. The number of hydrogen-bond donors (Lipinski definition) is 0. The van der Waals surface area contributed by atoms with E-state index in [2.05, 4.69) is 8.92 Å². The van der Waals surface area contributed by atoms with Crippen LogP contribution in [0.4, 0.5) is 4.79 Å².